The average Bonchev–Trinajstić information content (AvgIpc) is 2.51. The summed E-state index contributed by atoms with van der Waals surface area (Å²) in [4.78, 5) is 11.7. The number of nitrogen functional groups attached to an aromatic ring is 1. The van der Waals surface area contributed by atoms with Crippen molar-refractivity contribution in [1.29, 1.82) is 5.26 Å². The molecular weight excluding hydrogens is 222 g/mol. The summed E-state index contributed by atoms with van der Waals surface area (Å²) < 4.78 is 0. The number of thiophene rings is 1. The number of nitrogens with two attached hydrogens (primary N) is 1. The minimum atomic E-state index is -0.123. The zero-order valence-corrected chi connectivity index (χ0v) is 10.1. The zero-order chi connectivity index (χ0) is 12.3. The number of hydrogen-bond donors (Lipinski definition) is 2. The lowest BCUT2D eigenvalue weighted by Gasteiger charge is -2.02. The summed E-state index contributed by atoms with van der Waals surface area (Å²) in [5.41, 5.74) is 7.28. The van der Waals surface area contributed by atoms with Gasteiger partial charge < -0.3 is 11.1 Å². The maximum absolute atomic E-state index is 11.3. The molecule has 0 bridgehead atoms. The molecular formula is C11H13N3OS. The molecule has 0 unspecified atom stereocenters. The van der Waals surface area contributed by atoms with E-state index in [1.54, 1.807) is 0 Å². The van der Waals surface area contributed by atoms with Crippen LogP contribution in [-0.2, 0) is 0 Å². The first-order chi connectivity index (χ1) is 7.47. The molecule has 0 aromatic carbocycles. The van der Waals surface area contributed by atoms with Gasteiger partial charge in [-0.2, -0.15) is 5.26 Å². The van der Waals surface area contributed by atoms with Crippen molar-refractivity contribution >= 4 is 27.8 Å². The van der Waals surface area contributed by atoms with Gasteiger partial charge in [0, 0.05) is 13.5 Å². The molecule has 3 N–H and O–H groups in total. The predicted octanol–water partition coefficient (Wildman–Crippen LogP) is 2.39. The second-order valence-electron chi connectivity index (χ2n) is 3.53. The summed E-state index contributed by atoms with van der Waals surface area (Å²) in [5.74, 6) is -0.123. The first kappa shape index (κ1) is 12.3. The summed E-state index contributed by atoms with van der Waals surface area (Å²) in [6.45, 7) is 7.63. The largest absolute Gasteiger partial charge is 0.396 e. The summed E-state index contributed by atoms with van der Waals surface area (Å²) in [5, 5.41) is 12.6. The minimum Gasteiger partial charge on any atom is -0.396 e. The number of carbonyl (C=O) groups is 1. The van der Waals surface area contributed by atoms with E-state index in [4.69, 9.17) is 11.0 Å². The maximum Gasteiger partial charge on any atom is 0.171 e. The molecule has 0 fully saturated rings. The van der Waals surface area contributed by atoms with Crippen LogP contribution in [0.5, 0.6) is 0 Å². The molecule has 16 heavy (non-hydrogen) atoms. The molecule has 0 amide bonds. The Bertz CT molecular complexity index is 482. The Morgan fingerprint density at radius 1 is 1.62 bits per heavy atom. The van der Waals surface area contributed by atoms with Gasteiger partial charge in [-0.15, -0.1) is 11.3 Å². The van der Waals surface area contributed by atoms with Crippen molar-refractivity contribution in [3.05, 3.63) is 22.6 Å². The Labute approximate surface area is 98.4 Å². The lowest BCUT2D eigenvalue weighted by atomic mass is 10.2. The molecule has 1 rings (SSSR count). The molecule has 4 nitrogen and oxygen atoms in total. The number of nitriles is 1. The number of nitrogens with zero attached hydrogens (tertiary/aromatic N) is 1. The first-order valence-electron chi connectivity index (χ1n) is 4.69. The van der Waals surface area contributed by atoms with E-state index in [-0.39, 0.29) is 11.5 Å². The minimum absolute atomic E-state index is 0.123. The van der Waals surface area contributed by atoms with Gasteiger partial charge in [-0.25, -0.2) is 0 Å². The fourth-order valence-corrected chi connectivity index (χ4v) is 2.13. The van der Waals surface area contributed by atoms with Crippen molar-refractivity contribution in [2.24, 2.45) is 0 Å². The van der Waals surface area contributed by atoms with Crippen LogP contribution in [0.15, 0.2) is 12.2 Å². The highest BCUT2D eigenvalue weighted by Gasteiger charge is 2.18. The summed E-state index contributed by atoms with van der Waals surface area (Å²) in [6.07, 6.45) is 0. The van der Waals surface area contributed by atoms with Crippen molar-refractivity contribution in [2.75, 3.05) is 17.6 Å². The standard InChI is InChI=1S/C11H13N3OS/c1-6(2)5-14-11-8(4-12)9(13)10(16-11)7(3)15/h14H,1,5,13H2,2-3H3. The van der Waals surface area contributed by atoms with Gasteiger partial charge in [0.15, 0.2) is 5.78 Å². The van der Waals surface area contributed by atoms with Crippen LogP contribution in [0.1, 0.15) is 29.1 Å². The highest BCUT2D eigenvalue weighted by atomic mass is 32.1. The molecule has 0 aliphatic rings. The number of nitrogens with one attached hydrogen (secondary N) is 1. The van der Waals surface area contributed by atoms with E-state index in [1.807, 2.05) is 13.0 Å². The van der Waals surface area contributed by atoms with Crippen LogP contribution in [0.25, 0.3) is 0 Å². The smallest absolute Gasteiger partial charge is 0.171 e. The van der Waals surface area contributed by atoms with E-state index >= 15 is 0 Å². The second-order valence-corrected chi connectivity index (χ2v) is 4.55. The van der Waals surface area contributed by atoms with E-state index in [9.17, 15) is 4.79 Å². The number of ketones is 1. The maximum atomic E-state index is 11.3. The molecule has 1 aromatic heterocycles. The first-order valence-corrected chi connectivity index (χ1v) is 5.50. The van der Waals surface area contributed by atoms with Gasteiger partial charge in [-0.3, -0.25) is 4.79 Å². The highest BCUT2D eigenvalue weighted by molar-refractivity contribution is 7.18. The van der Waals surface area contributed by atoms with Crippen LogP contribution >= 0.6 is 11.3 Å². The Kier molecular flexibility index (Phi) is 3.69. The fourth-order valence-electron chi connectivity index (χ4n) is 1.17. The number of Topliss-reactive ketones (excluding diaryl/α,β-unsaturated/α-hetero) is 1. The van der Waals surface area contributed by atoms with Gasteiger partial charge in [-0.05, 0) is 6.92 Å². The molecule has 0 radical (unpaired) electrons. The Morgan fingerprint density at radius 2 is 2.25 bits per heavy atom. The van der Waals surface area contributed by atoms with Crippen LogP contribution in [0.2, 0.25) is 0 Å². The predicted molar refractivity (Wildman–Crippen MR) is 66.8 cm³/mol. The van der Waals surface area contributed by atoms with Crippen molar-refractivity contribution in [3.63, 3.8) is 0 Å². The summed E-state index contributed by atoms with van der Waals surface area (Å²) >= 11 is 1.21. The number of rotatable bonds is 4. The van der Waals surface area contributed by atoms with Crippen molar-refractivity contribution in [3.8, 4) is 6.07 Å². The van der Waals surface area contributed by atoms with Crippen LogP contribution in [-0.4, -0.2) is 12.3 Å². The van der Waals surface area contributed by atoms with E-state index in [1.165, 1.54) is 18.3 Å². The van der Waals surface area contributed by atoms with E-state index in [2.05, 4.69) is 11.9 Å². The van der Waals surface area contributed by atoms with Gasteiger partial charge in [0.25, 0.3) is 0 Å². The highest BCUT2D eigenvalue weighted by Crippen LogP contribution is 2.35. The summed E-state index contributed by atoms with van der Waals surface area (Å²) in [7, 11) is 0. The van der Waals surface area contributed by atoms with Gasteiger partial charge in [0.1, 0.15) is 16.6 Å². The normalized spacial score (nSPS) is 9.56. The van der Waals surface area contributed by atoms with Crippen LogP contribution < -0.4 is 11.1 Å². The van der Waals surface area contributed by atoms with Crippen molar-refractivity contribution < 1.29 is 4.79 Å². The van der Waals surface area contributed by atoms with Crippen molar-refractivity contribution in [2.45, 2.75) is 13.8 Å². The topological polar surface area (TPSA) is 78.9 Å². The van der Waals surface area contributed by atoms with Gasteiger partial charge in [0.05, 0.1) is 10.6 Å². The molecule has 0 saturated carbocycles. The molecule has 1 heterocycles. The number of hydrogen-bond acceptors (Lipinski definition) is 5. The third-order valence-corrected chi connectivity index (χ3v) is 3.19. The van der Waals surface area contributed by atoms with Gasteiger partial charge >= 0.3 is 0 Å². The van der Waals surface area contributed by atoms with Crippen LogP contribution in [0, 0.1) is 11.3 Å². The average molecular weight is 235 g/mol. The van der Waals surface area contributed by atoms with E-state index < -0.39 is 0 Å². The van der Waals surface area contributed by atoms with E-state index in [0.717, 1.165) is 5.57 Å². The molecule has 0 saturated heterocycles. The second kappa shape index (κ2) is 4.81. The van der Waals surface area contributed by atoms with Crippen molar-refractivity contribution in [1.82, 2.24) is 0 Å². The number of anilines is 2. The van der Waals surface area contributed by atoms with Crippen LogP contribution in [0.3, 0.4) is 0 Å². The molecule has 0 aliphatic heterocycles. The molecule has 5 heteroatoms. The Morgan fingerprint density at radius 3 is 2.69 bits per heavy atom. The zero-order valence-electron chi connectivity index (χ0n) is 9.26. The SMILES string of the molecule is C=C(C)CNc1sc(C(C)=O)c(N)c1C#N. The summed E-state index contributed by atoms with van der Waals surface area (Å²) in [6, 6.07) is 2.00. The molecule has 1 aromatic rings. The quantitative estimate of drug-likeness (QED) is 0.620. The molecule has 0 atom stereocenters. The molecule has 84 valence electrons. The third kappa shape index (κ3) is 2.41. The fraction of sp³-hybridized carbons (Fsp3) is 0.273. The Hall–Kier alpha value is -1.80. The van der Waals surface area contributed by atoms with Gasteiger partial charge in [0.2, 0.25) is 0 Å². The van der Waals surface area contributed by atoms with E-state index in [0.29, 0.717) is 22.0 Å². The Balaban J connectivity index is 3.10. The number of carbonyl (C=O) groups excluding carboxylic acids is 1. The molecule has 0 aliphatic carbocycles. The lowest BCUT2D eigenvalue weighted by Crippen LogP contribution is -2.01. The third-order valence-electron chi connectivity index (χ3n) is 1.93. The van der Waals surface area contributed by atoms with Crippen LogP contribution in [0.4, 0.5) is 10.7 Å². The van der Waals surface area contributed by atoms with Gasteiger partial charge in [-0.1, -0.05) is 12.2 Å². The monoisotopic (exact) mass is 235 g/mol. The molecule has 0 spiro atoms. The lowest BCUT2D eigenvalue weighted by molar-refractivity contribution is 0.102.